The van der Waals surface area contributed by atoms with E-state index in [4.69, 9.17) is 4.74 Å². The van der Waals surface area contributed by atoms with E-state index in [-0.39, 0.29) is 40.3 Å². The zero-order chi connectivity index (χ0) is 21.4. The smallest absolute Gasteiger partial charge is 0.251 e. The number of fused-ring (bicyclic) bond motifs is 2. The van der Waals surface area contributed by atoms with Crippen molar-refractivity contribution < 1.29 is 30.0 Å². The van der Waals surface area contributed by atoms with Crippen LogP contribution in [0.4, 0.5) is 0 Å². The molecule has 0 fully saturated rings. The zero-order valence-electron chi connectivity index (χ0n) is 16.2. The summed E-state index contributed by atoms with van der Waals surface area (Å²) in [4.78, 5) is 12.6. The number of aliphatic hydroxyl groups is 2. The molecule has 5 N–H and O–H groups in total. The molecule has 0 spiro atoms. The van der Waals surface area contributed by atoms with Crippen LogP contribution >= 0.6 is 0 Å². The number of aliphatic hydroxyl groups excluding tert-OH is 2. The van der Waals surface area contributed by atoms with Crippen LogP contribution in [0.1, 0.15) is 50.4 Å². The second kappa shape index (κ2) is 7.70. The molecule has 7 nitrogen and oxygen atoms in total. The van der Waals surface area contributed by atoms with Crippen LogP contribution in [0.25, 0.3) is 0 Å². The Bertz CT molecular complexity index is 1110. The number of hydrogen-bond donors (Lipinski definition) is 5. The molecule has 0 heterocycles. The van der Waals surface area contributed by atoms with Crippen LogP contribution in [-0.4, -0.2) is 33.4 Å². The van der Waals surface area contributed by atoms with Gasteiger partial charge in [0, 0.05) is 23.2 Å². The monoisotopic (exact) mass is 407 g/mol. The number of methoxy groups -OCH3 is 1. The summed E-state index contributed by atoms with van der Waals surface area (Å²) in [7, 11) is 1.57. The van der Waals surface area contributed by atoms with E-state index in [1.165, 1.54) is 18.2 Å². The van der Waals surface area contributed by atoms with Crippen molar-refractivity contribution in [1.29, 1.82) is 0 Å². The fraction of sp³-hybridized carbons (Fsp3) is 0.174. The average molecular weight is 407 g/mol. The fourth-order valence-electron chi connectivity index (χ4n) is 3.76. The summed E-state index contributed by atoms with van der Waals surface area (Å²) in [6, 6.07) is 14.5. The van der Waals surface area contributed by atoms with Crippen molar-refractivity contribution in [2.75, 3.05) is 7.11 Å². The van der Waals surface area contributed by atoms with Crippen LogP contribution in [0.15, 0.2) is 54.6 Å². The maximum atomic E-state index is 12.6. The van der Waals surface area contributed by atoms with Gasteiger partial charge in [-0.25, -0.2) is 0 Å². The first-order valence-electron chi connectivity index (χ1n) is 9.36. The van der Waals surface area contributed by atoms with Crippen molar-refractivity contribution in [2.45, 2.75) is 18.8 Å². The quantitative estimate of drug-likeness (QED) is 0.453. The lowest BCUT2D eigenvalue weighted by molar-refractivity contribution is 0.0949. The molecule has 3 aromatic rings. The van der Waals surface area contributed by atoms with Crippen molar-refractivity contribution in [3.8, 4) is 17.2 Å². The van der Waals surface area contributed by atoms with Gasteiger partial charge in [-0.15, -0.1) is 0 Å². The number of nitrogens with one attached hydrogen (secondary N) is 1. The van der Waals surface area contributed by atoms with Crippen molar-refractivity contribution in [1.82, 2.24) is 5.32 Å². The minimum absolute atomic E-state index is 0.0724. The summed E-state index contributed by atoms with van der Waals surface area (Å²) in [6.45, 7) is 0.266. The van der Waals surface area contributed by atoms with E-state index in [0.29, 0.717) is 11.3 Å². The van der Waals surface area contributed by atoms with Gasteiger partial charge in [0.15, 0.2) is 0 Å². The summed E-state index contributed by atoms with van der Waals surface area (Å²) in [5.41, 5.74) is 1.77. The van der Waals surface area contributed by atoms with Crippen LogP contribution in [0, 0.1) is 0 Å². The number of phenols is 2. The number of carbonyl (C=O) groups is 1. The Kier molecular flexibility index (Phi) is 5.07. The van der Waals surface area contributed by atoms with Gasteiger partial charge in [-0.3, -0.25) is 4.79 Å². The minimum Gasteiger partial charge on any atom is -0.508 e. The highest BCUT2D eigenvalue weighted by atomic mass is 16.5. The minimum atomic E-state index is -1.32. The average Bonchev–Trinajstić information content (AvgIpc) is 2.75. The Labute approximate surface area is 172 Å². The van der Waals surface area contributed by atoms with E-state index in [1.807, 2.05) is 12.1 Å². The summed E-state index contributed by atoms with van der Waals surface area (Å²) in [6.07, 6.45) is -2.53. The molecule has 0 aromatic heterocycles. The molecular formula is C23H21NO6. The van der Waals surface area contributed by atoms with Gasteiger partial charge in [0.2, 0.25) is 0 Å². The molecular weight excluding hydrogens is 386 g/mol. The first-order valence-corrected chi connectivity index (χ1v) is 9.36. The molecule has 0 saturated carbocycles. The molecule has 30 heavy (non-hydrogen) atoms. The van der Waals surface area contributed by atoms with Gasteiger partial charge in [0.1, 0.15) is 29.5 Å². The first-order chi connectivity index (χ1) is 14.4. The molecule has 0 radical (unpaired) electrons. The van der Waals surface area contributed by atoms with Crippen molar-refractivity contribution in [3.63, 3.8) is 0 Å². The number of amides is 1. The molecule has 0 saturated heterocycles. The van der Waals surface area contributed by atoms with Gasteiger partial charge < -0.3 is 30.5 Å². The zero-order valence-corrected chi connectivity index (χ0v) is 16.2. The van der Waals surface area contributed by atoms with E-state index in [1.54, 1.807) is 31.4 Å². The molecule has 0 bridgehead atoms. The van der Waals surface area contributed by atoms with Gasteiger partial charge >= 0.3 is 0 Å². The van der Waals surface area contributed by atoms with Crippen LogP contribution in [-0.2, 0) is 6.54 Å². The van der Waals surface area contributed by atoms with Crippen LogP contribution in [0.3, 0.4) is 0 Å². The summed E-state index contributed by atoms with van der Waals surface area (Å²) >= 11 is 0. The lowest BCUT2D eigenvalue weighted by Gasteiger charge is -2.30. The van der Waals surface area contributed by atoms with Crippen LogP contribution in [0.2, 0.25) is 0 Å². The number of carbonyl (C=O) groups excluding carboxylic acids is 1. The summed E-state index contributed by atoms with van der Waals surface area (Å²) < 4.78 is 5.11. The first kappa shape index (κ1) is 19.8. The molecule has 4 rings (SSSR count). The van der Waals surface area contributed by atoms with E-state index >= 15 is 0 Å². The largest absolute Gasteiger partial charge is 0.508 e. The number of aromatic hydroxyl groups is 2. The molecule has 1 aliphatic carbocycles. The molecule has 1 aliphatic rings. The normalized spacial score (nSPS) is 17.0. The topological polar surface area (TPSA) is 119 Å². The third-order valence-corrected chi connectivity index (χ3v) is 5.32. The van der Waals surface area contributed by atoms with Gasteiger partial charge in [-0.05, 0) is 47.0 Å². The van der Waals surface area contributed by atoms with Crippen LogP contribution in [0.5, 0.6) is 17.2 Å². The third-order valence-electron chi connectivity index (χ3n) is 5.32. The van der Waals surface area contributed by atoms with Gasteiger partial charge in [0.05, 0.1) is 7.11 Å². The van der Waals surface area contributed by atoms with E-state index < -0.39 is 18.1 Å². The molecule has 154 valence electrons. The highest BCUT2D eigenvalue weighted by Gasteiger charge is 2.35. The Morgan fingerprint density at radius 1 is 0.933 bits per heavy atom. The molecule has 3 aromatic carbocycles. The Morgan fingerprint density at radius 2 is 1.63 bits per heavy atom. The van der Waals surface area contributed by atoms with Crippen molar-refractivity contribution >= 4 is 5.91 Å². The molecule has 1 amide bonds. The van der Waals surface area contributed by atoms with Crippen molar-refractivity contribution in [3.05, 3.63) is 88.0 Å². The predicted molar refractivity (Wildman–Crippen MR) is 109 cm³/mol. The SMILES string of the molecule is COc1ccc(CNC(=O)c2cc(O)c3c(c2)C(O)c2cccc(O)c2C3O)cc1. The Balaban J connectivity index is 1.61. The Hall–Kier alpha value is -3.55. The maximum Gasteiger partial charge on any atom is 0.251 e. The second-order valence-electron chi connectivity index (χ2n) is 7.11. The van der Waals surface area contributed by atoms with E-state index in [2.05, 4.69) is 5.32 Å². The highest BCUT2D eigenvalue weighted by molar-refractivity contribution is 5.95. The van der Waals surface area contributed by atoms with E-state index in [0.717, 1.165) is 5.56 Å². The maximum absolute atomic E-state index is 12.6. The molecule has 7 heteroatoms. The standard InChI is InChI=1S/C23H21NO6/c1-30-14-7-5-12(6-8-14)11-24-23(29)13-9-16-20(18(26)10-13)22(28)19-15(21(16)27)3-2-4-17(19)25/h2-10,21-22,25-28H,11H2,1H3,(H,24,29). The van der Waals surface area contributed by atoms with Gasteiger partial charge in [0.25, 0.3) is 5.91 Å². The lowest BCUT2D eigenvalue weighted by atomic mass is 9.80. The van der Waals surface area contributed by atoms with Gasteiger partial charge in [-0.1, -0.05) is 24.3 Å². The predicted octanol–water partition coefficient (Wildman–Crippen LogP) is 2.51. The summed E-state index contributed by atoms with van der Waals surface area (Å²) in [5, 5.41) is 44.8. The Morgan fingerprint density at radius 3 is 2.33 bits per heavy atom. The highest BCUT2D eigenvalue weighted by Crippen LogP contribution is 2.47. The molecule has 2 unspecified atom stereocenters. The molecule has 0 aliphatic heterocycles. The lowest BCUT2D eigenvalue weighted by Crippen LogP contribution is -2.24. The van der Waals surface area contributed by atoms with Gasteiger partial charge in [-0.2, -0.15) is 0 Å². The number of hydrogen-bond acceptors (Lipinski definition) is 6. The van der Waals surface area contributed by atoms with Crippen LogP contribution < -0.4 is 10.1 Å². The number of benzene rings is 3. The fourth-order valence-corrected chi connectivity index (χ4v) is 3.76. The van der Waals surface area contributed by atoms with Crippen molar-refractivity contribution in [2.24, 2.45) is 0 Å². The number of phenolic OH excluding ortho intramolecular Hbond substituents is 2. The van der Waals surface area contributed by atoms with E-state index in [9.17, 15) is 25.2 Å². The molecule has 2 atom stereocenters. The number of ether oxygens (including phenoxy) is 1. The summed E-state index contributed by atoms with van der Waals surface area (Å²) in [5.74, 6) is -0.233. The number of rotatable bonds is 4. The third kappa shape index (κ3) is 3.34. The second-order valence-corrected chi connectivity index (χ2v) is 7.11.